The Morgan fingerprint density at radius 1 is 0.889 bits per heavy atom. The van der Waals surface area contributed by atoms with Crippen LogP contribution in [0.15, 0.2) is 58.7 Å². The summed E-state index contributed by atoms with van der Waals surface area (Å²) >= 11 is 0. The van der Waals surface area contributed by atoms with Crippen molar-refractivity contribution in [1.29, 1.82) is 0 Å². The topological polar surface area (TPSA) is 41.8 Å². The zero-order valence-electron chi connectivity index (χ0n) is 21.0. The number of alkyl halides is 4. The van der Waals surface area contributed by atoms with E-state index in [1.807, 2.05) is 24.3 Å². The van der Waals surface area contributed by atoms with E-state index in [0.29, 0.717) is 18.4 Å². The van der Waals surface area contributed by atoms with Crippen molar-refractivity contribution in [2.45, 2.75) is 71.4 Å². The summed E-state index contributed by atoms with van der Waals surface area (Å²) in [5.74, 6) is 0.396. The second kappa shape index (κ2) is 12.9. The molecule has 0 aromatic heterocycles. The smallest absolute Gasteiger partial charge is 0.300 e. The third-order valence-electron chi connectivity index (χ3n) is 6.61. The number of benzene rings is 2. The summed E-state index contributed by atoms with van der Waals surface area (Å²) in [6.45, 7) is 3.20. The molecule has 0 amide bonds. The van der Waals surface area contributed by atoms with E-state index in [1.54, 1.807) is 13.8 Å². The monoisotopic (exact) mass is 502 g/mol. The number of rotatable bonds is 5. The minimum absolute atomic E-state index is 0.110. The predicted octanol–water partition coefficient (Wildman–Crippen LogP) is 8.00. The SMILES string of the molecule is CC(=O)Cc1cccc(C2=NN=C(c3ccc(C(F)(F)F)cc3)[C@@H]3CCCCCC[C@@H]23)c1.CCCF. The van der Waals surface area contributed by atoms with Crippen LogP contribution in [0.2, 0.25) is 0 Å². The van der Waals surface area contributed by atoms with Crippen LogP contribution in [0.25, 0.3) is 0 Å². The molecule has 4 rings (SSSR count). The summed E-state index contributed by atoms with van der Waals surface area (Å²) in [5, 5.41) is 9.16. The Balaban J connectivity index is 0.000000840. The lowest BCUT2D eigenvalue weighted by molar-refractivity contribution is -0.137. The molecule has 0 spiro atoms. The maximum atomic E-state index is 13.0. The molecule has 2 aromatic rings. The molecule has 1 aliphatic heterocycles. The van der Waals surface area contributed by atoms with Crippen molar-refractivity contribution < 1.29 is 22.4 Å². The average molecular weight is 503 g/mol. The van der Waals surface area contributed by atoms with E-state index in [1.165, 1.54) is 18.6 Å². The van der Waals surface area contributed by atoms with Crippen LogP contribution in [-0.2, 0) is 17.4 Å². The Kier molecular flexibility index (Phi) is 9.97. The van der Waals surface area contributed by atoms with E-state index in [4.69, 9.17) is 0 Å². The molecular formula is C29H34F4N2O. The van der Waals surface area contributed by atoms with Crippen molar-refractivity contribution in [2.24, 2.45) is 22.0 Å². The van der Waals surface area contributed by atoms with Crippen LogP contribution in [0.5, 0.6) is 0 Å². The first-order chi connectivity index (χ1) is 17.2. The minimum atomic E-state index is -4.36. The molecule has 0 radical (unpaired) electrons. The summed E-state index contributed by atoms with van der Waals surface area (Å²) in [6.07, 6.45) is 3.09. The van der Waals surface area contributed by atoms with E-state index >= 15 is 0 Å². The lowest BCUT2D eigenvalue weighted by atomic mass is 9.73. The summed E-state index contributed by atoms with van der Waals surface area (Å²) in [7, 11) is 0. The fourth-order valence-electron chi connectivity index (χ4n) is 4.90. The number of Topliss-reactive ketones (excluding diaryl/α,β-unsaturated/α-hetero) is 1. The molecule has 1 heterocycles. The molecule has 2 aliphatic rings. The molecule has 0 saturated heterocycles. The van der Waals surface area contributed by atoms with Gasteiger partial charge in [0.15, 0.2) is 0 Å². The van der Waals surface area contributed by atoms with Gasteiger partial charge in [-0.05, 0) is 61.1 Å². The first-order valence-electron chi connectivity index (χ1n) is 12.7. The number of ketones is 1. The highest BCUT2D eigenvalue weighted by Gasteiger charge is 2.36. The highest BCUT2D eigenvalue weighted by Crippen LogP contribution is 2.37. The maximum Gasteiger partial charge on any atom is 0.416 e. The molecular weight excluding hydrogens is 468 g/mol. The van der Waals surface area contributed by atoms with Crippen LogP contribution >= 0.6 is 0 Å². The van der Waals surface area contributed by atoms with Crippen LogP contribution in [0.3, 0.4) is 0 Å². The average Bonchev–Trinajstić information content (AvgIpc) is 2.83. The molecule has 0 N–H and O–H groups in total. The quantitative estimate of drug-likeness (QED) is 0.382. The Hall–Kier alpha value is -2.83. The number of fused-ring (bicyclic) bond motifs is 1. The van der Waals surface area contributed by atoms with Crippen molar-refractivity contribution in [1.82, 2.24) is 0 Å². The second-order valence-electron chi connectivity index (χ2n) is 9.52. The van der Waals surface area contributed by atoms with Gasteiger partial charge in [0, 0.05) is 18.3 Å². The van der Waals surface area contributed by atoms with Gasteiger partial charge in [-0.15, -0.1) is 0 Å². The molecule has 0 bridgehead atoms. The van der Waals surface area contributed by atoms with Crippen molar-refractivity contribution in [3.63, 3.8) is 0 Å². The van der Waals surface area contributed by atoms with E-state index in [-0.39, 0.29) is 24.3 Å². The summed E-state index contributed by atoms with van der Waals surface area (Å²) < 4.78 is 49.7. The molecule has 194 valence electrons. The van der Waals surface area contributed by atoms with Crippen LogP contribution in [0, 0.1) is 11.8 Å². The van der Waals surface area contributed by atoms with E-state index in [0.717, 1.165) is 66.8 Å². The fraction of sp³-hybridized carbons (Fsp3) is 0.483. The molecule has 2 atom stereocenters. The highest BCUT2D eigenvalue weighted by molar-refractivity contribution is 6.11. The molecule has 0 unspecified atom stereocenters. The van der Waals surface area contributed by atoms with Gasteiger partial charge >= 0.3 is 6.18 Å². The Labute approximate surface area is 210 Å². The standard InChI is InChI=1S/C26H27F3N2O.C3H7F/c1-17(32)15-18-7-6-8-20(16-18)25-23-10-5-3-2-4-9-22(23)24(30-31-25)19-11-13-21(14-12-19)26(27,28)29;1-2-3-4/h6-8,11-14,16,22-23H,2-5,9-10,15H2,1H3;2-3H2,1H3/t22-,23-;/m1./s1. The van der Waals surface area contributed by atoms with Crippen LogP contribution in [0.4, 0.5) is 17.6 Å². The Morgan fingerprint density at radius 2 is 1.44 bits per heavy atom. The summed E-state index contributed by atoms with van der Waals surface area (Å²) in [6, 6.07) is 13.2. The predicted molar refractivity (Wildman–Crippen MR) is 136 cm³/mol. The summed E-state index contributed by atoms with van der Waals surface area (Å²) in [4.78, 5) is 11.6. The molecule has 1 saturated carbocycles. The molecule has 2 aromatic carbocycles. The van der Waals surface area contributed by atoms with Gasteiger partial charge in [-0.3, -0.25) is 9.18 Å². The van der Waals surface area contributed by atoms with Crippen LogP contribution in [-0.4, -0.2) is 23.9 Å². The van der Waals surface area contributed by atoms with Crippen LogP contribution < -0.4 is 0 Å². The fourth-order valence-corrected chi connectivity index (χ4v) is 4.90. The van der Waals surface area contributed by atoms with Gasteiger partial charge in [0.2, 0.25) is 0 Å². The van der Waals surface area contributed by atoms with Gasteiger partial charge in [-0.2, -0.15) is 23.4 Å². The van der Waals surface area contributed by atoms with Gasteiger partial charge in [-0.1, -0.05) is 62.9 Å². The van der Waals surface area contributed by atoms with Crippen molar-refractivity contribution >= 4 is 17.2 Å². The number of halogens is 4. The lowest BCUT2D eigenvalue weighted by Crippen LogP contribution is -2.35. The first kappa shape index (κ1) is 27.8. The Bertz CT molecular complexity index is 1070. The van der Waals surface area contributed by atoms with Gasteiger partial charge < -0.3 is 0 Å². The van der Waals surface area contributed by atoms with Crippen molar-refractivity contribution in [3.05, 3.63) is 70.8 Å². The normalized spacial score (nSPS) is 20.1. The number of hydrogen-bond donors (Lipinski definition) is 0. The molecule has 36 heavy (non-hydrogen) atoms. The van der Waals surface area contributed by atoms with Crippen molar-refractivity contribution in [3.8, 4) is 0 Å². The highest BCUT2D eigenvalue weighted by atomic mass is 19.4. The number of carbonyl (C=O) groups excluding carboxylic acids is 1. The zero-order chi connectivity index (χ0) is 26.1. The van der Waals surface area contributed by atoms with Gasteiger partial charge in [0.25, 0.3) is 0 Å². The lowest BCUT2D eigenvalue weighted by Gasteiger charge is -2.33. The number of hydrogen-bond acceptors (Lipinski definition) is 3. The molecule has 3 nitrogen and oxygen atoms in total. The molecule has 7 heteroatoms. The van der Waals surface area contributed by atoms with Crippen molar-refractivity contribution in [2.75, 3.05) is 6.67 Å². The second-order valence-corrected chi connectivity index (χ2v) is 9.52. The third kappa shape index (κ3) is 7.34. The molecule has 1 fully saturated rings. The van der Waals surface area contributed by atoms with Crippen LogP contribution in [0.1, 0.15) is 81.0 Å². The number of nitrogens with zero attached hydrogens (tertiary/aromatic N) is 2. The van der Waals surface area contributed by atoms with Gasteiger partial charge in [0.1, 0.15) is 5.78 Å². The van der Waals surface area contributed by atoms with E-state index < -0.39 is 11.7 Å². The maximum absolute atomic E-state index is 13.0. The molecule has 1 aliphatic carbocycles. The summed E-state index contributed by atoms with van der Waals surface area (Å²) in [5.41, 5.74) is 3.71. The van der Waals surface area contributed by atoms with Gasteiger partial charge in [0.05, 0.1) is 23.7 Å². The minimum Gasteiger partial charge on any atom is -0.300 e. The zero-order valence-corrected chi connectivity index (χ0v) is 21.0. The third-order valence-corrected chi connectivity index (χ3v) is 6.61. The van der Waals surface area contributed by atoms with Gasteiger partial charge in [-0.25, -0.2) is 0 Å². The van der Waals surface area contributed by atoms with E-state index in [2.05, 4.69) is 10.2 Å². The van der Waals surface area contributed by atoms with E-state index in [9.17, 15) is 22.4 Å². The first-order valence-corrected chi connectivity index (χ1v) is 12.7. The Morgan fingerprint density at radius 3 is 1.94 bits per heavy atom. The largest absolute Gasteiger partial charge is 0.416 e. The number of carbonyl (C=O) groups is 1.